The van der Waals surface area contributed by atoms with Gasteiger partial charge in [0.25, 0.3) is 5.78 Å². The molecule has 1 amide bonds. The van der Waals surface area contributed by atoms with Gasteiger partial charge < -0.3 is 14.8 Å². The van der Waals surface area contributed by atoms with Crippen molar-refractivity contribution in [2.45, 2.75) is 33.3 Å². The number of ketones is 2. The van der Waals surface area contributed by atoms with E-state index in [9.17, 15) is 14.4 Å². The fraction of sp³-hybridized carbons (Fsp3) is 0.292. The van der Waals surface area contributed by atoms with Crippen molar-refractivity contribution < 1.29 is 23.9 Å². The van der Waals surface area contributed by atoms with Crippen LogP contribution in [0.25, 0.3) is 10.9 Å². The standard InChI is InChI=1S/C24H25N3O5/c1-15-6-5-7-20(27-15)22(29)21(28)16-8-9-19-17(12-16)13-18(14-26-19)31-11-10-25-23(30)32-24(2,3)4/h5-9,12-14H,10-11H2,1-4H3,(H,25,30). The molecule has 3 rings (SSSR count). The number of carbonyl (C=O) groups is 3. The molecule has 0 unspecified atom stereocenters. The van der Waals surface area contributed by atoms with Crippen molar-refractivity contribution in [1.82, 2.24) is 15.3 Å². The summed E-state index contributed by atoms with van der Waals surface area (Å²) in [5, 5.41) is 3.26. The Morgan fingerprint density at radius 3 is 2.53 bits per heavy atom. The van der Waals surface area contributed by atoms with Crippen LogP contribution in [0.3, 0.4) is 0 Å². The zero-order valence-electron chi connectivity index (χ0n) is 18.5. The number of hydrogen-bond donors (Lipinski definition) is 1. The first-order valence-corrected chi connectivity index (χ1v) is 10.1. The van der Waals surface area contributed by atoms with Gasteiger partial charge in [0, 0.05) is 16.6 Å². The first-order chi connectivity index (χ1) is 15.1. The SMILES string of the molecule is Cc1cccc(C(=O)C(=O)c2ccc3ncc(OCCNC(=O)OC(C)(C)C)cc3c2)n1. The second kappa shape index (κ2) is 9.55. The summed E-state index contributed by atoms with van der Waals surface area (Å²) in [7, 11) is 0. The number of hydrogen-bond acceptors (Lipinski definition) is 7. The van der Waals surface area contributed by atoms with Crippen LogP contribution in [0, 0.1) is 6.92 Å². The number of alkyl carbamates (subject to hydrolysis) is 1. The lowest BCUT2D eigenvalue weighted by Crippen LogP contribution is -2.34. The third kappa shape index (κ3) is 6.10. The number of fused-ring (bicyclic) bond motifs is 1. The smallest absolute Gasteiger partial charge is 0.407 e. The average Bonchev–Trinajstić information content (AvgIpc) is 2.74. The van der Waals surface area contributed by atoms with E-state index in [-0.39, 0.29) is 24.4 Å². The molecule has 0 saturated carbocycles. The molecule has 3 aromatic rings. The maximum Gasteiger partial charge on any atom is 0.407 e. The second-order valence-corrected chi connectivity index (χ2v) is 8.18. The summed E-state index contributed by atoms with van der Waals surface area (Å²) in [5.74, 6) is -0.834. The van der Waals surface area contributed by atoms with Gasteiger partial charge in [0.1, 0.15) is 23.7 Å². The van der Waals surface area contributed by atoms with Gasteiger partial charge in [-0.25, -0.2) is 9.78 Å². The monoisotopic (exact) mass is 435 g/mol. The lowest BCUT2D eigenvalue weighted by molar-refractivity contribution is 0.0520. The number of rotatable bonds is 7. The molecule has 0 atom stereocenters. The Labute approximate surface area is 186 Å². The number of nitrogens with one attached hydrogen (secondary N) is 1. The fourth-order valence-corrected chi connectivity index (χ4v) is 2.88. The van der Waals surface area contributed by atoms with Gasteiger partial charge in [-0.15, -0.1) is 0 Å². The molecule has 0 aliphatic rings. The van der Waals surface area contributed by atoms with E-state index < -0.39 is 23.3 Å². The molecule has 0 bridgehead atoms. The van der Waals surface area contributed by atoms with Crippen LogP contribution in [-0.4, -0.2) is 46.4 Å². The number of pyridine rings is 2. The minimum atomic E-state index is -0.665. The van der Waals surface area contributed by atoms with Gasteiger partial charge in [0.05, 0.1) is 18.3 Å². The fourth-order valence-electron chi connectivity index (χ4n) is 2.88. The molecule has 32 heavy (non-hydrogen) atoms. The first kappa shape index (κ1) is 22.9. The number of nitrogens with zero attached hydrogens (tertiary/aromatic N) is 2. The average molecular weight is 435 g/mol. The number of aryl methyl sites for hydroxylation is 1. The highest BCUT2D eigenvalue weighted by Gasteiger charge is 2.20. The second-order valence-electron chi connectivity index (χ2n) is 8.18. The molecule has 0 fully saturated rings. The summed E-state index contributed by atoms with van der Waals surface area (Å²) in [5.41, 5.74) is 1.11. The van der Waals surface area contributed by atoms with Crippen molar-refractivity contribution in [3.63, 3.8) is 0 Å². The molecule has 2 aromatic heterocycles. The highest BCUT2D eigenvalue weighted by atomic mass is 16.6. The minimum absolute atomic E-state index is 0.114. The molecule has 8 nitrogen and oxygen atoms in total. The van der Waals surface area contributed by atoms with E-state index in [1.54, 1.807) is 70.3 Å². The van der Waals surface area contributed by atoms with E-state index in [1.807, 2.05) is 0 Å². The molecule has 1 N–H and O–H groups in total. The van der Waals surface area contributed by atoms with E-state index in [0.29, 0.717) is 22.3 Å². The normalized spacial score (nSPS) is 11.1. The van der Waals surface area contributed by atoms with Crippen molar-refractivity contribution >= 4 is 28.6 Å². The van der Waals surface area contributed by atoms with Crippen LogP contribution in [0.1, 0.15) is 47.3 Å². The van der Waals surface area contributed by atoms with Gasteiger partial charge in [-0.2, -0.15) is 0 Å². The molecule has 2 heterocycles. The van der Waals surface area contributed by atoms with Gasteiger partial charge in [0.15, 0.2) is 0 Å². The molecule has 0 aliphatic heterocycles. The summed E-state index contributed by atoms with van der Waals surface area (Å²) >= 11 is 0. The van der Waals surface area contributed by atoms with Gasteiger partial charge in [0.2, 0.25) is 5.78 Å². The topological polar surface area (TPSA) is 107 Å². The number of aromatic nitrogens is 2. The lowest BCUT2D eigenvalue weighted by atomic mass is 10.0. The van der Waals surface area contributed by atoms with Gasteiger partial charge in [-0.1, -0.05) is 6.07 Å². The Balaban J connectivity index is 1.66. The van der Waals surface area contributed by atoms with Crippen molar-refractivity contribution in [2.75, 3.05) is 13.2 Å². The molecular formula is C24H25N3O5. The molecule has 0 saturated heterocycles. The molecule has 8 heteroatoms. The van der Waals surface area contributed by atoms with Crippen LogP contribution >= 0.6 is 0 Å². The Morgan fingerprint density at radius 2 is 1.81 bits per heavy atom. The van der Waals surface area contributed by atoms with Crippen molar-refractivity contribution in [3.8, 4) is 5.75 Å². The van der Waals surface area contributed by atoms with Gasteiger partial charge in [-0.3, -0.25) is 14.6 Å². The van der Waals surface area contributed by atoms with Crippen molar-refractivity contribution in [2.24, 2.45) is 0 Å². The number of benzene rings is 1. The van der Waals surface area contributed by atoms with E-state index in [0.717, 1.165) is 0 Å². The van der Waals surface area contributed by atoms with Gasteiger partial charge in [-0.05, 0) is 64.1 Å². The summed E-state index contributed by atoms with van der Waals surface area (Å²) in [6, 6.07) is 11.5. The quantitative estimate of drug-likeness (QED) is 0.341. The first-order valence-electron chi connectivity index (χ1n) is 10.1. The number of amides is 1. The number of ether oxygens (including phenoxy) is 2. The van der Waals surface area contributed by atoms with Crippen molar-refractivity contribution in [1.29, 1.82) is 0 Å². The summed E-state index contributed by atoms with van der Waals surface area (Å²) in [4.78, 5) is 45.3. The zero-order chi connectivity index (χ0) is 23.3. The highest BCUT2D eigenvalue weighted by molar-refractivity contribution is 6.49. The lowest BCUT2D eigenvalue weighted by Gasteiger charge is -2.19. The number of Topliss-reactive ketones (excluding diaryl/α,β-unsaturated/α-hetero) is 2. The van der Waals surface area contributed by atoms with E-state index in [4.69, 9.17) is 9.47 Å². The molecule has 1 aromatic carbocycles. The third-order valence-electron chi connectivity index (χ3n) is 4.28. The molecule has 0 radical (unpaired) electrons. The Kier molecular flexibility index (Phi) is 6.82. The molecule has 166 valence electrons. The van der Waals surface area contributed by atoms with Crippen LogP contribution in [-0.2, 0) is 4.74 Å². The van der Waals surface area contributed by atoms with Crippen LogP contribution < -0.4 is 10.1 Å². The number of carbonyl (C=O) groups excluding carboxylic acids is 3. The predicted molar refractivity (Wildman–Crippen MR) is 119 cm³/mol. The van der Waals surface area contributed by atoms with Crippen LogP contribution in [0.5, 0.6) is 5.75 Å². The van der Waals surface area contributed by atoms with Crippen molar-refractivity contribution in [3.05, 3.63) is 65.6 Å². The summed E-state index contributed by atoms with van der Waals surface area (Å²) in [6.45, 7) is 7.58. The van der Waals surface area contributed by atoms with Crippen LogP contribution in [0.2, 0.25) is 0 Å². The third-order valence-corrected chi connectivity index (χ3v) is 4.28. The predicted octanol–water partition coefficient (Wildman–Crippen LogP) is 3.91. The maximum atomic E-state index is 12.7. The van der Waals surface area contributed by atoms with E-state index in [1.165, 1.54) is 6.07 Å². The molecular weight excluding hydrogens is 410 g/mol. The minimum Gasteiger partial charge on any atom is -0.490 e. The Morgan fingerprint density at radius 1 is 1.03 bits per heavy atom. The summed E-state index contributed by atoms with van der Waals surface area (Å²) < 4.78 is 10.8. The van der Waals surface area contributed by atoms with Crippen LogP contribution in [0.15, 0.2) is 48.7 Å². The van der Waals surface area contributed by atoms with Crippen LogP contribution in [0.4, 0.5) is 4.79 Å². The largest absolute Gasteiger partial charge is 0.490 e. The van der Waals surface area contributed by atoms with E-state index >= 15 is 0 Å². The zero-order valence-corrected chi connectivity index (χ0v) is 18.5. The van der Waals surface area contributed by atoms with E-state index in [2.05, 4.69) is 15.3 Å². The Bertz CT molecular complexity index is 1170. The molecule has 0 spiro atoms. The van der Waals surface area contributed by atoms with Gasteiger partial charge >= 0.3 is 6.09 Å². The maximum absolute atomic E-state index is 12.7. The highest BCUT2D eigenvalue weighted by Crippen LogP contribution is 2.20. The summed E-state index contributed by atoms with van der Waals surface area (Å²) in [6.07, 6.45) is 1.03. The molecule has 0 aliphatic carbocycles. The Hall–Kier alpha value is -3.81.